The van der Waals surface area contributed by atoms with Gasteiger partial charge in [0.1, 0.15) is 13.2 Å². The lowest BCUT2D eigenvalue weighted by molar-refractivity contribution is -0.870. The fourth-order valence-corrected chi connectivity index (χ4v) is 11.2. The molecule has 494 valence electrons. The quantitative estimate of drug-likeness (QED) is 0.0272. The van der Waals surface area contributed by atoms with Crippen LogP contribution in [-0.2, 0) is 18.4 Å². The van der Waals surface area contributed by atoms with E-state index in [9.17, 15) is 19.4 Å². The number of aliphatic hydroxyl groups excluding tert-OH is 1. The monoisotopic (exact) mass is 1210 g/mol. The number of quaternary nitrogens is 1. The van der Waals surface area contributed by atoms with Crippen LogP contribution in [0.15, 0.2) is 97.2 Å². The number of nitrogens with zero attached hydrogens (tertiary/aromatic N) is 1. The number of carbonyl (C=O) groups excluding carboxylic acids is 1. The van der Waals surface area contributed by atoms with Crippen LogP contribution in [0.5, 0.6) is 0 Å². The molecule has 8 nitrogen and oxygen atoms in total. The second-order valence-electron chi connectivity index (χ2n) is 25.6. The topological polar surface area (TPSA) is 108 Å². The van der Waals surface area contributed by atoms with Gasteiger partial charge in [-0.3, -0.25) is 9.36 Å². The SMILES string of the molecule is CC/C=C\C/C=C\C/C=C\C/C=C\C/C=C\C/C=C\C/C=C\CCCCCCCCCCCCCCCCCCCC(=O)NC(COP(=O)([O-])OCC[N+](C)(C)C)C(O)/C=C/CCCCCCCCCCCCCCCCCCCCCCCC. The van der Waals surface area contributed by atoms with Crippen molar-refractivity contribution in [2.45, 2.75) is 341 Å². The summed E-state index contributed by atoms with van der Waals surface area (Å²) in [5.74, 6) is -0.195. The van der Waals surface area contributed by atoms with Crippen molar-refractivity contribution in [1.29, 1.82) is 0 Å². The number of hydrogen-bond acceptors (Lipinski definition) is 6. The van der Waals surface area contributed by atoms with Crippen LogP contribution in [0.1, 0.15) is 328 Å². The number of phosphoric ester groups is 1. The molecule has 9 heteroatoms. The van der Waals surface area contributed by atoms with Gasteiger partial charge in [0.15, 0.2) is 0 Å². The number of carbonyl (C=O) groups is 1. The Hall–Kier alpha value is -2.58. The third-order valence-electron chi connectivity index (χ3n) is 16.0. The first-order chi connectivity index (χ1) is 41.5. The number of amides is 1. The van der Waals surface area contributed by atoms with Gasteiger partial charge in [0.05, 0.1) is 39.9 Å². The Morgan fingerprint density at radius 3 is 1.05 bits per heavy atom. The maximum absolute atomic E-state index is 13.0. The van der Waals surface area contributed by atoms with Crippen LogP contribution in [0.3, 0.4) is 0 Å². The van der Waals surface area contributed by atoms with Crippen LogP contribution in [0.25, 0.3) is 0 Å². The van der Waals surface area contributed by atoms with E-state index in [2.05, 4.69) is 104 Å². The van der Waals surface area contributed by atoms with E-state index >= 15 is 0 Å². The lowest BCUT2D eigenvalue weighted by atomic mass is 10.0. The van der Waals surface area contributed by atoms with Crippen LogP contribution < -0.4 is 10.2 Å². The number of likely N-dealkylation sites (N-methyl/N-ethyl adjacent to an activating group) is 1. The summed E-state index contributed by atoms with van der Waals surface area (Å²) in [6.07, 6.45) is 95.3. The molecular weight excluding hydrogens is 1070 g/mol. The van der Waals surface area contributed by atoms with Gasteiger partial charge in [-0.1, -0.05) is 342 Å². The molecule has 3 unspecified atom stereocenters. The molecule has 0 aromatic carbocycles. The average molecular weight is 1210 g/mol. The molecule has 0 saturated carbocycles. The molecule has 0 fully saturated rings. The number of nitrogens with one attached hydrogen (secondary N) is 1. The minimum Gasteiger partial charge on any atom is -0.756 e. The summed E-state index contributed by atoms with van der Waals surface area (Å²) in [4.78, 5) is 25.6. The van der Waals surface area contributed by atoms with Crippen LogP contribution in [0.4, 0.5) is 0 Å². The normalized spacial score (nSPS) is 14.2. The van der Waals surface area contributed by atoms with Crippen LogP contribution in [-0.4, -0.2) is 68.5 Å². The lowest BCUT2D eigenvalue weighted by Crippen LogP contribution is -2.45. The zero-order valence-corrected chi connectivity index (χ0v) is 57.4. The number of unbranched alkanes of at least 4 members (excludes halogenated alkanes) is 39. The first-order valence-corrected chi connectivity index (χ1v) is 37.6. The lowest BCUT2D eigenvalue weighted by Gasteiger charge is -2.29. The summed E-state index contributed by atoms with van der Waals surface area (Å²) >= 11 is 0. The summed E-state index contributed by atoms with van der Waals surface area (Å²) in [6.45, 7) is 4.57. The number of rotatable bonds is 66. The maximum Gasteiger partial charge on any atom is 0.268 e. The molecule has 85 heavy (non-hydrogen) atoms. The molecule has 0 saturated heterocycles. The van der Waals surface area contributed by atoms with Crippen molar-refractivity contribution in [1.82, 2.24) is 5.32 Å². The van der Waals surface area contributed by atoms with Gasteiger partial charge in [-0.2, -0.15) is 0 Å². The highest BCUT2D eigenvalue weighted by atomic mass is 31.2. The van der Waals surface area contributed by atoms with E-state index < -0.39 is 20.0 Å². The molecule has 0 radical (unpaired) electrons. The second-order valence-corrected chi connectivity index (χ2v) is 27.0. The number of hydrogen-bond donors (Lipinski definition) is 2. The van der Waals surface area contributed by atoms with E-state index in [1.165, 1.54) is 225 Å². The largest absolute Gasteiger partial charge is 0.756 e. The minimum atomic E-state index is -4.61. The molecule has 0 spiro atoms. The average Bonchev–Trinajstić information content (AvgIpc) is 3.49. The molecule has 3 atom stereocenters. The smallest absolute Gasteiger partial charge is 0.268 e. The van der Waals surface area contributed by atoms with Gasteiger partial charge < -0.3 is 28.8 Å². The molecule has 0 aliphatic heterocycles. The molecule has 0 bridgehead atoms. The van der Waals surface area contributed by atoms with Crippen molar-refractivity contribution in [3.05, 3.63) is 97.2 Å². The van der Waals surface area contributed by atoms with E-state index in [1.54, 1.807) is 6.08 Å². The van der Waals surface area contributed by atoms with Gasteiger partial charge in [-0.25, -0.2) is 0 Å². The maximum atomic E-state index is 13.0. The van der Waals surface area contributed by atoms with Gasteiger partial charge in [0, 0.05) is 6.42 Å². The van der Waals surface area contributed by atoms with Gasteiger partial charge in [0.2, 0.25) is 5.91 Å². The summed E-state index contributed by atoms with van der Waals surface area (Å²) in [6, 6.07) is -0.891. The summed E-state index contributed by atoms with van der Waals surface area (Å²) in [7, 11) is 1.27. The third kappa shape index (κ3) is 68.8. The standard InChI is InChI=1S/C76H139N2O6P/c1-6-8-10-12-14-16-18-20-22-24-26-28-30-32-33-34-35-36-37-38-39-40-41-42-43-44-45-46-48-50-52-54-56-58-60-62-64-66-68-70-76(80)77-74(73-84-85(81,82)83-72-71-78(3,4)5)75(79)69-67-65-63-61-59-57-55-53-51-49-47-31-29-27-25-23-21-19-17-15-13-11-9-7-2/h8,10,14,16,20,22,26,28,32-33,35-36,38-39,67,69,74-75,79H,6-7,9,11-13,15,17-19,21,23-25,27,29-31,34,37,40-66,68,70-73H2,1-5H3,(H-,77,80,81,82)/b10-8-,16-14-,22-20-,28-26-,33-32-,36-35-,39-38-,69-67+. The Kier molecular flexibility index (Phi) is 63.9. The molecule has 0 aliphatic carbocycles. The molecule has 1 amide bonds. The van der Waals surface area contributed by atoms with Crippen molar-refractivity contribution in [2.75, 3.05) is 40.9 Å². The first-order valence-electron chi connectivity index (χ1n) is 36.1. The molecule has 0 aliphatic rings. The predicted molar refractivity (Wildman–Crippen MR) is 371 cm³/mol. The summed E-state index contributed by atoms with van der Waals surface area (Å²) in [5, 5.41) is 14.0. The predicted octanol–water partition coefficient (Wildman–Crippen LogP) is 22.6. The number of allylic oxidation sites excluding steroid dienone is 15. The minimum absolute atomic E-state index is 0.00233. The highest BCUT2D eigenvalue weighted by Crippen LogP contribution is 2.38. The fraction of sp³-hybridized carbons (Fsp3) is 0.776. The number of phosphoric acid groups is 1. The number of aliphatic hydroxyl groups is 1. The van der Waals surface area contributed by atoms with Gasteiger partial charge >= 0.3 is 0 Å². The van der Waals surface area contributed by atoms with Crippen molar-refractivity contribution in [3.8, 4) is 0 Å². The summed E-state index contributed by atoms with van der Waals surface area (Å²) in [5.41, 5.74) is 0. The third-order valence-corrected chi connectivity index (χ3v) is 17.0. The zero-order valence-electron chi connectivity index (χ0n) is 56.5. The van der Waals surface area contributed by atoms with E-state index in [1.807, 2.05) is 27.2 Å². The Labute approximate surface area is 528 Å². The van der Waals surface area contributed by atoms with Crippen molar-refractivity contribution < 1.29 is 32.9 Å². The Morgan fingerprint density at radius 2 is 0.718 bits per heavy atom. The van der Waals surface area contributed by atoms with Gasteiger partial charge in [0.25, 0.3) is 7.82 Å². The zero-order chi connectivity index (χ0) is 61.9. The van der Waals surface area contributed by atoms with Gasteiger partial charge in [-0.15, -0.1) is 0 Å². The van der Waals surface area contributed by atoms with Gasteiger partial charge in [-0.05, 0) is 77.0 Å². The van der Waals surface area contributed by atoms with Crippen LogP contribution >= 0.6 is 7.82 Å². The van der Waals surface area contributed by atoms with Crippen LogP contribution in [0, 0.1) is 0 Å². The Balaban J connectivity index is 4.03. The van der Waals surface area contributed by atoms with E-state index in [0.29, 0.717) is 17.4 Å². The van der Waals surface area contributed by atoms with E-state index in [4.69, 9.17) is 9.05 Å². The van der Waals surface area contributed by atoms with E-state index in [-0.39, 0.29) is 19.1 Å². The first kappa shape index (κ1) is 82.4. The molecular formula is C76H139N2O6P. The Morgan fingerprint density at radius 1 is 0.424 bits per heavy atom. The fourth-order valence-electron chi connectivity index (χ4n) is 10.5. The highest BCUT2D eigenvalue weighted by molar-refractivity contribution is 7.45. The van der Waals surface area contributed by atoms with E-state index in [0.717, 1.165) is 83.5 Å². The molecule has 0 aromatic rings. The van der Waals surface area contributed by atoms with Crippen LogP contribution in [0.2, 0.25) is 0 Å². The molecule has 2 N–H and O–H groups in total. The summed E-state index contributed by atoms with van der Waals surface area (Å²) < 4.78 is 23.5. The highest BCUT2D eigenvalue weighted by Gasteiger charge is 2.23. The Bertz CT molecular complexity index is 1710. The van der Waals surface area contributed by atoms with Crippen molar-refractivity contribution in [2.24, 2.45) is 0 Å². The molecule has 0 heterocycles. The molecule has 0 aromatic heterocycles. The van der Waals surface area contributed by atoms with Crippen molar-refractivity contribution in [3.63, 3.8) is 0 Å². The molecule has 0 rings (SSSR count). The second kappa shape index (κ2) is 65.9. The van der Waals surface area contributed by atoms with Crippen molar-refractivity contribution >= 4 is 13.7 Å².